The van der Waals surface area contributed by atoms with Gasteiger partial charge in [0.05, 0.1) is 6.04 Å². The molecule has 1 aliphatic rings. The van der Waals surface area contributed by atoms with Crippen LogP contribution in [0.15, 0.2) is 29.1 Å². The summed E-state index contributed by atoms with van der Waals surface area (Å²) in [7, 11) is 0. The Hall–Kier alpha value is -2.57. The van der Waals surface area contributed by atoms with Gasteiger partial charge in [-0.05, 0) is 31.4 Å². The Balaban J connectivity index is 1.81. The molecule has 1 fully saturated rings. The van der Waals surface area contributed by atoms with Gasteiger partial charge in [0.1, 0.15) is 5.82 Å². The first-order chi connectivity index (χ1) is 12.1. The minimum Gasteiger partial charge on any atom is -0.347 e. The quantitative estimate of drug-likeness (QED) is 0.873. The number of amides is 1. The van der Waals surface area contributed by atoms with E-state index in [1.807, 2.05) is 6.92 Å². The van der Waals surface area contributed by atoms with Gasteiger partial charge in [-0.1, -0.05) is 31.9 Å². The highest BCUT2D eigenvalue weighted by atomic mass is 19.1. The number of benzene rings is 1. The van der Waals surface area contributed by atoms with Crippen LogP contribution < -0.4 is 10.9 Å². The predicted molar refractivity (Wildman–Crippen MR) is 91.2 cm³/mol. The molecule has 1 heterocycles. The maximum atomic E-state index is 13.3. The normalized spacial score (nSPS) is 15.9. The summed E-state index contributed by atoms with van der Waals surface area (Å²) in [5.74, 6) is -0.225. The van der Waals surface area contributed by atoms with Crippen molar-refractivity contribution < 1.29 is 9.18 Å². The van der Waals surface area contributed by atoms with Crippen molar-refractivity contribution in [2.45, 2.75) is 45.1 Å². The van der Waals surface area contributed by atoms with E-state index in [2.05, 4.69) is 20.5 Å². The van der Waals surface area contributed by atoms with Gasteiger partial charge < -0.3 is 10.3 Å². The fourth-order valence-electron chi connectivity index (χ4n) is 3.18. The summed E-state index contributed by atoms with van der Waals surface area (Å²) in [5.41, 5.74) is 0.195. The molecule has 0 bridgehead atoms. The largest absolute Gasteiger partial charge is 0.347 e. The third-order valence-corrected chi connectivity index (χ3v) is 4.60. The molecule has 6 nitrogen and oxygen atoms in total. The lowest BCUT2D eigenvalue weighted by molar-refractivity contribution is -0.125. The van der Waals surface area contributed by atoms with Crippen LogP contribution in [0.5, 0.6) is 0 Å². The van der Waals surface area contributed by atoms with Gasteiger partial charge in [-0.25, -0.2) is 4.39 Å². The Morgan fingerprint density at radius 3 is 2.76 bits per heavy atom. The van der Waals surface area contributed by atoms with Crippen molar-refractivity contribution in [3.63, 3.8) is 0 Å². The van der Waals surface area contributed by atoms with Crippen molar-refractivity contribution in [3.05, 3.63) is 46.1 Å². The summed E-state index contributed by atoms with van der Waals surface area (Å²) in [6, 6.07) is 5.29. The summed E-state index contributed by atoms with van der Waals surface area (Å²) in [5, 5.41) is 10.9. The molecule has 132 valence electrons. The second kappa shape index (κ2) is 7.55. The smallest absolute Gasteiger partial charge is 0.275 e. The van der Waals surface area contributed by atoms with Crippen LogP contribution in [0.4, 0.5) is 4.39 Å². The number of aromatic amines is 1. The third kappa shape index (κ3) is 3.92. The number of aromatic nitrogens is 3. The van der Waals surface area contributed by atoms with Crippen molar-refractivity contribution in [1.29, 1.82) is 0 Å². The SMILES string of the molecule is CCC(NC(=O)C1CCCC1)c1nnc(-c2cccc(F)c2)[nH]c1=O. The molecule has 1 aromatic heterocycles. The van der Waals surface area contributed by atoms with Gasteiger partial charge in [0.25, 0.3) is 5.56 Å². The van der Waals surface area contributed by atoms with E-state index in [0.29, 0.717) is 12.0 Å². The Bertz CT molecular complexity index is 815. The number of rotatable bonds is 5. The van der Waals surface area contributed by atoms with Crippen LogP contribution in [0, 0.1) is 11.7 Å². The molecule has 0 aliphatic heterocycles. The molecule has 1 atom stereocenters. The Labute approximate surface area is 144 Å². The van der Waals surface area contributed by atoms with E-state index < -0.39 is 17.4 Å². The second-order valence-corrected chi connectivity index (χ2v) is 6.35. The number of nitrogens with one attached hydrogen (secondary N) is 2. The number of carbonyl (C=O) groups excluding carboxylic acids is 1. The average Bonchev–Trinajstić information content (AvgIpc) is 3.14. The lowest BCUT2D eigenvalue weighted by Crippen LogP contribution is -2.36. The second-order valence-electron chi connectivity index (χ2n) is 6.35. The highest BCUT2D eigenvalue weighted by Crippen LogP contribution is 2.25. The van der Waals surface area contributed by atoms with E-state index in [-0.39, 0.29) is 23.3 Å². The average molecular weight is 344 g/mol. The molecule has 1 aliphatic carbocycles. The van der Waals surface area contributed by atoms with Gasteiger partial charge in [-0.15, -0.1) is 10.2 Å². The van der Waals surface area contributed by atoms with Gasteiger partial charge in [-0.2, -0.15) is 0 Å². The van der Waals surface area contributed by atoms with E-state index in [9.17, 15) is 14.0 Å². The van der Waals surface area contributed by atoms with Crippen LogP contribution in [0.2, 0.25) is 0 Å². The zero-order valence-electron chi connectivity index (χ0n) is 14.1. The Morgan fingerprint density at radius 1 is 1.36 bits per heavy atom. The predicted octanol–water partition coefficient (Wildman–Crippen LogP) is 2.73. The molecule has 2 N–H and O–H groups in total. The fraction of sp³-hybridized carbons (Fsp3) is 0.444. The molecule has 3 rings (SSSR count). The highest BCUT2D eigenvalue weighted by molar-refractivity contribution is 5.79. The van der Waals surface area contributed by atoms with Crippen LogP contribution in [0.25, 0.3) is 11.4 Å². The van der Waals surface area contributed by atoms with Crippen molar-refractivity contribution in [3.8, 4) is 11.4 Å². The number of hydrogen-bond donors (Lipinski definition) is 2. The van der Waals surface area contributed by atoms with Gasteiger partial charge in [-0.3, -0.25) is 9.59 Å². The Kier molecular flexibility index (Phi) is 5.21. The molecule has 1 amide bonds. The lowest BCUT2D eigenvalue weighted by atomic mass is 10.1. The first-order valence-electron chi connectivity index (χ1n) is 8.61. The molecule has 1 aromatic carbocycles. The topological polar surface area (TPSA) is 87.7 Å². The summed E-state index contributed by atoms with van der Waals surface area (Å²) in [6.45, 7) is 1.88. The van der Waals surface area contributed by atoms with Crippen LogP contribution >= 0.6 is 0 Å². The van der Waals surface area contributed by atoms with Crippen molar-refractivity contribution in [1.82, 2.24) is 20.5 Å². The van der Waals surface area contributed by atoms with Crippen LogP contribution in [0.3, 0.4) is 0 Å². The number of nitrogens with zero attached hydrogens (tertiary/aromatic N) is 2. The first kappa shape index (κ1) is 17.3. The van der Waals surface area contributed by atoms with Gasteiger partial charge in [0.15, 0.2) is 11.5 Å². The third-order valence-electron chi connectivity index (χ3n) is 4.60. The lowest BCUT2D eigenvalue weighted by Gasteiger charge is -2.18. The van der Waals surface area contributed by atoms with Crippen LogP contribution in [0.1, 0.15) is 50.8 Å². The minimum atomic E-state index is -0.481. The molecule has 1 unspecified atom stereocenters. The van der Waals surface area contributed by atoms with Crippen molar-refractivity contribution in [2.24, 2.45) is 5.92 Å². The molecule has 2 aromatic rings. The van der Waals surface area contributed by atoms with Crippen molar-refractivity contribution >= 4 is 5.91 Å². The molecular weight excluding hydrogens is 323 g/mol. The standard InChI is InChI=1S/C18H21FN4O2/c1-2-14(20-17(24)11-6-3-4-7-11)15-18(25)21-16(23-22-15)12-8-5-9-13(19)10-12/h5,8-11,14H,2-4,6-7H2,1H3,(H,20,24)(H,21,23,25). The monoisotopic (exact) mass is 344 g/mol. The molecule has 0 saturated heterocycles. The zero-order chi connectivity index (χ0) is 17.8. The van der Waals surface area contributed by atoms with Crippen molar-refractivity contribution in [2.75, 3.05) is 0 Å². The molecule has 25 heavy (non-hydrogen) atoms. The number of carbonyl (C=O) groups is 1. The van der Waals surface area contributed by atoms with E-state index in [4.69, 9.17) is 0 Å². The van der Waals surface area contributed by atoms with E-state index in [1.54, 1.807) is 6.07 Å². The maximum absolute atomic E-state index is 13.3. The van der Waals surface area contributed by atoms with E-state index in [1.165, 1.54) is 18.2 Å². The summed E-state index contributed by atoms with van der Waals surface area (Å²) < 4.78 is 13.3. The number of H-pyrrole nitrogens is 1. The summed E-state index contributed by atoms with van der Waals surface area (Å²) in [6.07, 6.45) is 4.45. The Morgan fingerprint density at radius 2 is 2.12 bits per heavy atom. The van der Waals surface area contributed by atoms with Gasteiger partial charge in [0.2, 0.25) is 5.91 Å². The first-order valence-corrected chi connectivity index (χ1v) is 8.61. The molecule has 1 saturated carbocycles. The number of halogens is 1. The van der Waals surface area contributed by atoms with Crippen LogP contribution in [-0.2, 0) is 4.79 Å². The summed E-state index contributed by atoms with van der Waals surface area (Å²) >= 11 is 0. The summed E-state index contributed by atoms with van der Waals surface area (Å²) in [4.78, 5) is 27.3. The van der Waals surface area contributed by atoms with Gasteiger partial charge in [0, 0.05) is 11.5 Å². The molecular formula is C18H21FN4O2. The zero-order valence-corrected chi connectivity index (χ0v) is 14.1. The highest BCUT2D eigenvalue weighted by Gasteiger charge is 2.26. The molecule has 0 radical (unpaired) electrons. The van der Waals surface area contributed by atoms with E-state index in [0.717, 1.165) is 25.7 Å². The van der Waals surface area contributed by atoms with Gasteiger partial charge >= 0.3 is 0 Å². The van der Waals surface area contributed by atoms with Crippen LogP contribution in [-0.4, -0.2) is 21.1 Å². The molecule has 7 heteroatoms. The minimum absolute atomic E-state index is 0.0210. The fourth-order valence-corrected chi connectivity index (χ4v) is 3.18. The number of hydrogen-bond acceptors (Lipinski definition) is 4. The van der Waals surface area contributed by atoms with E-state index >= 15 is 0 Å². The molecule has 0 spiro atoms. The maximum Gasteiger partial charge on any atom is 0.275 e.